The minimum atomic E-state index is -3.62. The number of aromatic nitrogens is 2. The lowest BCUT2D eigenvalue weighted by Crippen LogP contribution is -2.31. The SMILES string of the molecule is C[n+]1ccn(C2CCN(c3ccc([N+](=O)[O-])cc3)C2)c1OS(C)(=O)=O. The first kappa shape index (κ1) is 17.2. The molecule has 1 saturated heterocycles. The lowest BCUT2D eigenvalue weighted by molar-refractivity contribution is -0.674. The van der Waals surface area contributed by atoms with Crippen LogP contribution in [0.5, 0.6) is 6.01 Å². The van der Waals surface area contributed by atoms with Gasteiger partial charge in [-0.2, -0.15) is 17.6 Å². The Morgan fingerprint density at radius 3 is 2.60 bits per heavy atom. The fourth-order valence-electron chi connectivity index (χ4n) is 2.99. The first-order valence-corrected chi connectivity index (χ1v) is 9.51. The smallest absolute Gasteiger partial charge is 0.367 e. The molecule has 1 aromatic heterocycles. The number of rotatable bonds is 5. The minimum absolute atomic E-state index is 0.0492. The van der Waals surface area contributed by atoms with Gasteiger partial charge in [0.2, 0.25) is 0 Å². The van der Waals surface area contributed by atoms with Crippen LogP contribution in [-0.2, 0) is 17.2 Å². The van der Waals surface area contributed by atoms with Gasteiger partial charge in [-0.3, -0.25) is 10.1 Å². The Balaban J connectivity index is 1.78. The van der Waals surface area contributed by atoms with Crippen LogP contribution < -0.4 is 13.7 Å². The second-order valence-corrected chi connectivity index (χ2v) is 7.62. The Kier molecular flexibility index (Phi) is 4.38. The van der Waals surface area contributed by atoms with Crippen molar-refractivity contribution in [2.24, 2.45) is 7.05 Å². The molecule has 134 valence electrons. The molecule has 1 fully saturated rings. The third-order valence-corrected chi connectivity index (χ3v) is 4.63. The molecule has 0 spiro atoms. The van der Waals surface area contributed by atoms with Crippen molar-refractivity contribution in [2.75, 3.05) is 24.2 Å². The first-order valence-electron chi connectivity index (χ1n) is 7.70. The molecule has 0 amide bonds. The summed E-state index contributed by atoms with van der Waals surface area (Å²) in [7, 11) is -1.90. The van der Waals surface area contributed by atoms with Gasteiger partial charge in [0.15, 0.2) is 0 Å². The molecule has 0 aliphatic carbocycles. The summed E-state index contributed by atoms with van der Waals surface area (Å²) in [4.78, 5) is 12.4. The summed E-state index contributed by atoms with van der Waals surface area (Å²) in [6.45, 7) is 1.43. The predicted octanol–water partition coefficient (Wildman–Crippen LogP) is 1.01. The van der Waals surface area contributed by atoms with E-state index in [1.807, 2.05) is 4.57 Å². The summed E-state index contributed by atoms with van der Waals surface area (Å²) in [6.07, 6.45) is 5.37. The lowest BCUT2D eigenvalue weighted by Gasteiger charge is -2.17. The van der Waals surface area contributed by atoms with Gasteiger partial charge in [0, 0.05) is 30.8 Å². The number of benzene rings is 1. The molecular weight excluding hydrogens is 348 g/mol. The zero-order chi connectivity index (χ0) is 18.2. The number of nitro benzene ring substituents is 1. The molecule has 0 N–H and O–H groups in total. The highest BCUT2D eigenvalue weighted by Gasteiger charge is 2.33. The number of nitrogens with zero attached hydrogens (tertiary/aromatic N) is 4. The van der Waals surface area contributed by atoms with Crippen LogP contribution in [0.15, 0.2) is 36.7 Å². The van der Waals surface area contributed by atoms with E-state index in [2.05, 4.69) is 4.90 Å². The van der Waals surface area contributed by atoms with Gasteiger partial charge in [-0.1, -0.05) is 0 Å². The van der Waals surface area contributed by atoms with Gasteiger partial charge in [0.05, 0.1) is 24.8 Å². The van der Waals surface area contributed by atoms with Crippen LogP contribution in [0.2, 0.25) is 0 Å². The molecule has 2 aromatic rings. The fourth-order valence-corrected chi connectivity index (χ4v) is 3.46. The molecule has 9 nitrogen and oxygen atoms in total. The van der Waals surface area contributed by atoms with Crippen LogP contribution in [-0.4, -0.2) is 37.3 Å². The van der Waals surface area contributed by atoms with Gasteiger partial charge in [0.1, 0.15) is 18.4 Å². The summed E-state index contributed by atoms with van der Waals surface area (Å²) >= 11 is 0. The highest BCUT2D eigenvalue weighted by atomic mass is 32.2. The van der Waals surface area contributed by atoms with Crippen LogP contribution in [0.1, 0.15) is 12.5 Å². The Bertz CT molecular complexity index is 891. The van der Waals surface area contributed by atoms with E-state index in [0.717, 1.165) is 24.9 Å². The van der Waals surface area contributed by atoms with Gasteiger partial charge in [-0.05, 0) is 12.1 Å². The summed E-state index contributed by atoms with van der Waals surface area (Å²) < 4.78 is 31.5. The second-order valence-electron chi connectivity index (χ2n) is 6.05. The normalized spacial score (nSPS) is 17.7. The predicted molar refractivity (Wildman–Crippen MR) is 90.0 cm³/mol. The molecule has 1 unspecified atom stereocenters. The summed E-state index contributed by atoms with van der Waals surface area (Å²) in [5.41, 5.74) is 0.955. The average molecular weight is 367 g/mol. The summed E-state index contributed by atoms with van der Waals surface area (Å²) in [5, 5.41) is 10.7. The zero-order valence-corrected chi connectivity index (χ0v) is 14.7. The molecule has 1 atom stereocenters. The average Bonchev–Trinajstić information content (AvgIpc) is 3.14. The van der Waals surface area contributed by atoms with Crippen molar-refractivity contribution in [1.82, 2.24) is 4.57 Å². The highest BCUT2D eigenvalue weighted by molar-refractivity contribution is 7.86. The van der Waals surface area contributed by atoms with E-state index in [9.17, 15) is 18.5 Å². The molecule has 0 saturated carbocycles. The molecule has 10 heteroatoms. The largest absolute Gasteiger partial charge is 0.472 e. The zero-order valence-electron chi connectivity index (χ0n) is 13.9. The molecule has 1 aliphatic rings. The molecule has 3 rings (SSSR count). The van der Waals surface area contributed by atoms with E-state index in [1.165, 1.54) is 12.1 Å². The molecule has 0 bridgehead atoms. The molecule has 1 aromatic carbocycles. The summed E-state index contributed by atoms with van der Waals surface area (Å²) in [6, 6.07) is 6.73. The first-order chi connectivity index (χ1) is 11.7. The number of nitro groups is 1. The number of imidazole rings is 1. The molecule has 25 heavy (non-hydrogen) atoms. The monoisotopic (exact) mass is 367 g/mol. The Morgan fingerprint density at radius 1 is 1.32 bits per heavy atom. The molecular formula is C15H19N4O5S+. The number of aryl methyl sites for hydroxylation is 1. The maximum absolute atomic E-state index is 11.5. The van der Waals surface area contributed by atoms with Crippen molar-refractivity contribution in [2.45, 2.75) is 12.5 Å². The van der Waals surface area contributed by atoms with E-state index >= 15 is 0 Å². The molecule has 2 heterocycles. The lowest BCUT2D eigenvalue weighted by atomic mass is 10.2. The third-order valence-electron chi connectivity index (χ3n) is 4.18. The number of hydrogen-bond donors (Lipinski definition) is 0. The van der Waals surface area contributed by atoms with Gasteiger partial charge < -0.3 is 9.08 Å². The van der Waals surface area contributed by atoms with Crippen LogP contribution in [0.3, 0.4) is 0 Å². The van der Waals surface area contributed by atoms with Crippen molar-refractivity contribution in [1.29, 1.82) is 0 Å². The van der Waals surface area contributed by atoms with Crippen LogP contribution in [0.4, 0.5) is 11.4 Å². The van der Waals surface area contributed by atoms with Crippen molar-refractivity contribution < 1.29 is 22.1 Å². The van der Waals surface area contributed by atoms with Gasteiger partial charge in [-0.25, -0.2) is 0 Å². The van der Waals surface area contributed by atoms with Crippen molar-refractivity contribution in [3.63, 3.8) is 0 Å². The Hall–Kier alpha value is -2.62. The van der Waals surface area contributed by atoms with Crippen LogP contribution in [0, 0.1) is 10.1 Å². The number of non-ortho nitro benzene ring substituents is 1. The Morgan fingerprint density at radius 2 is 2.00 bits per heavy atom. The fraction of sp³-hybridized carbons (Fsp3) is 0.400. The number of anilines is 1. The molecule has 0 radical (unpaired) electrons. The van der Waals surface area contributed by atoms with E-state index in [1.54, 1.807) is 36.1 Å². The van der Waals surface area contributed by atoms with Crippen molar-refractivity contribution >= 4 is 21.5 Å². The second kappa shape index (κ2) is 6.36. The van der Waals surface area contributed by atoms with E-state index in [4.69, 9.17) is 4.18 Å². The minimum Gasteiger partial charge on any atom is -0.367 e. The maximum atomic E-state index is 11.5. The van der Waals surface area contributed by atoms with Gasteiger partial charge >= 0.3 is 16.1 Å². The van der Waals surface area contributed by atoms with Crippen LogP contribution >= 0.6 is 0 Å². The Labute approximate surface area is 145 Å². The van der Waals surface area contributed by atoms with Crippen LogP contribution in [0.25, 0.3) is 0 Å². The summed E-state index contributed by atoms with van der Waals surface area (Å²) in [5.74, 6) is 0. The molecule has 1 aliphatic heterocycles. The highest BCUT2D eigenvalue weighted by Crippen LogP contribution is 2.30. The van der Waals surface area contributed by atoms with E-state index in [0.29, 0.717) is 6.54 Å². The van der Waals surface area contributed by atoms with Crippen molar-refractivity contribution in [3.05, 3.63) is 46.8 Å². The van der Waals surface area contributed by atoms with E-state index < -0.39 is 15.0 Å². The quantitative estimate of drug-likeness (QED) is 0.338. The standard InChI is InChI=1S/C15H19N4O5S/c1-16-9-10-18(15(16)24-25(2,22)23)14-7-8-17(11-14)12-3-5-13(6-4-12)19(20)21/h3-6,9-10,14H,7-8,11H2,1-2H3/q+1. The topological polar surface area (TPSA) is 98.6 Å². The van der Waals surface area contributed by atoms with Gasteiger partial charge in [-0.15, -0.1) is 0 Å². The number of hydrogen-bond acceptors (Lipinski definition) is 6. The third kappa shape index (κ3) is 3.73. The maximum Gasteiger partial charge on any atom is 0.472 e. The van der Waals surface area contributed by atoms with E-state index in [-0.39, 0.29) is 17.7 Å². The van der Waals surface area contributed by atoms with Crippen molar-refractivity contribution in [3.8, 4) is 6.01 Å². The van der Waals surface area contributed by atoms with Gasteiger partial charge in [0.25, 0.3) is 5.69 Å².